The van der Waals surface area contributed by atoms with E-state index < -0.39 is 0 Å². The van der Waals surface area contributed by atoms with Gasteiger partial charge in [-0.05, 0) is 19.9 Å². The molecule has 0 N–H and O–H groups in total. The molecule has 1 aromatic rings. The zero-order valence-electron chi connectivity index (χ0n) is 10.3. The molecule has 6 heteroatoms. The Morgan fingerprint density at radius 2 is 2.24 bits per heavy atom. The van der Waals surface area contributed by atoms with Crippen LogP contribution in [0.15, 0.2) is 4.42 Å². The molecule has 2 rings (SSSR count). The minimum absolute atomic E-state index is 0.153. The maximum atomic E-state index is 11.5. The number of hydrogen-bond acceptors (Lipinski definition) is 6. The van der Waals surface area contributed by atoms with E-state index in [2.05, 4.69) is 10.2 Å². The fourth-order valence-electron chi connectivity index (χ4n) is 2.26. The van der Waals surface area contributed by atoms with E-state index in [9.17, 15) is 4.79 Å². The predicted molar refractivity (Wildman–Crippen MR) is 59.4 cm³/mol. The van der Waals surface area contributed by atoms with E-state index in [4.69, 9.17) is 9.15 Å². The van der Waals surface area contributed by atoms with Gasteiger partial charge in [0.2, 0.25) is 11.8 Å². The lowest BCUT2D eigenvalue weighted by Crippen LogP contribution is -2.45. The number of nitrogens with zero attached hydrogens (tertiary/aromatic N) is 3. The highest BCUT2D eigenvalue weighted by Gasteiger charge is 2.33. The Bertz CT molecular complexity index is 404. The van der Waals surface area contributed by atoms with Gasteiger partial charge in [-0.25, -0.2) is 0 Å². The third-order valence-electron chi connectivity index (χ3n) is 3.19. The predicted octanol–water partition coefficient (Wildman–Crippen LogP) is 0.729. The molecule has 1 aliphatic heterocycles. The SMILES string of the molecule is COC(=O)[C@H]1CCC(c2nnc(C)o2)CN1C. The number of rotatable bonds is 2. The Labute approximate surface area is 99.9 Å². The van der Waals surface area contributed by atoms with Crippen LogP contribution in [0.5, 0.6) is 0 Å². The summed E-state index contributed by atoms with van der Waals surface area (Å²) in [6.45, 7) is 2.52. The lowest BCUT2D eigenvalue weighted by molar-refractivity contribution is -0.147. The van der Waals surface area contributed by atoms with Crippen molar-refractivity contribution in [2.45, 2.75) is 31.7 Å². The molecule has 0 amide bonds. The normalized spacial score (nSPS) is 25.8. The molecule has 0 bridgehead atoms. The third kappa shape index (κ3) is 2.46. The summed E-state index contributed by atoms with van der Waals surface area (Å²) in [6, 6.07) is -0.153. The summed E-state index contributed by atoms with van der Waals surface area (Å²) in [5, 5.41) is 7.86. The monoisotopic (exact) mass is 239 g/mol. The second kappa shape index (κ2) is 4.83. The van der Waals surface area contributed by atoms with E-state index in [1.54, 1.807) is 6.92 Å². The highest BCUT2D eigenvalue weighted by molar-refractivity contribution is 5.75. The summed E-state index contributed by atoms with van der Waals surface area (Å²) in [5.41, 5.74) is 0. The van der Waals surface area contributed by atoms with Crippen LogP contribution in [-0.4, -0.2) is 47.8 Å². The Morgan fingerprint density at radius 1 is 1.47 bits per heavy atom. The number of aryl methyl sites for hydroxylation is 1. The van der Waals surface area contributed by atoms with Gasteiger partial charge in [0.25, 0.3) is 0 Å². The quantitative estimate of drug-likeness (QED) is 0.709. The molecule has 17 heavy (non-hydrogen) atoms. The molecule has 0 spiro atoms. The number of carbonyl (C=O) groups is 1. The molecule has 0 saturated carbocycles. The number of ether oxygens (including phenoxy) is 1. The van der Waals surface area contributed by atoms with E-state index in [0.717, 1.165) is 19.4 Å². The van der Waals surface area contributed by atoms with E-state index in [1.165, 1.54) is 7.11 Å². The highest BCUT2D eigenvalue weighted by Crippen LogP contribution is 2.28. The van der Waals surface area contributed by atoms with Crippen molar-refractivity contribution in [1.82, 2.24) is 15.1 Å². The molecule has 0 aliphatic carbocycles. The van der Waals surface area contributed by atoms with Crippen LogP contribution in [0, 0.1) is 6.92 Å². The first kappa shape index (κ1) is 12.0. The minimum Gasteiger partial charge on any atom is -0.468 e. The molecule has 6 nitrogen and oxygen atoms in total. The average Bonchev–Trinajstić information content (AvgIpc) is 2.75. The van der Waals surface area contributed by atoms with Gasteiger partial charge in [-0.15, -0.1) is 10.2 Å². The van der Waals surface area contributed by atoms with Crippen LogP contribution < -0.4 is 0 Å². The molecular weight excluding hydrogens is 222 g/mol. The summed E-state index contributed by atoms with van der Waals surface area (Å²) < 4.78 is 10.2. The van der Waals surface area contributed by atoms with Crippen LogP contribution in [0.25, 0.3) is 0 Å². The second-order valence-corrected chi connectivity index (χ2v) is 4.41. The second-order valence-electron chi connectivity index (χ2n) is 4.41. The zero-order valence-corrected chi connectivity index (χ0v) is 10.3. The van der Waals surface area contributed by atoms with Gasteiger partial charge in [-0.2, -0.15) is 0 Å². The molecule has 2 atom stereocenters. The van der Waals surface area contributed by atoms with Crippen molar-refractivity contribution in [1.29, 1.82) is 0 Å². The third-order valence-corrected chi connectivity index (χ3v) is 3.19. The number of esters is 1. The van der Waals surface area contributed by atoms with E-state index in [-0.39, 0.29) is 17.9 Å². The maximum absolute atomic E-state index is 11.5. The fraction of sp³-hybridized carbons (Fsp3) is 0.727. The molecule has 1 saturated heterocycles. The number of likely N-dealkylation sites (N-methyl/N-ethyl adjacent to an activating group) is 1. The van der Waals surface area contributed by atoms with Crippen molar-refractivity contribution in [3.05, 3.63) is 11.8 Å². The van der Waals surface area contributed by atoms with Crippen LogP contribution in [0.2, 0.25) is 0 Å². The van der Waals surface area contributed by atoms with Crippen molar-refractivity contribution in [2.24, 2.45) is 0 Å². The van der Waals surface area contributed by atoms with Gasteiger partial charge in [0.15, 0.2) is 0 Å². The van der Waals surface area contributed by atoms with Crippen molar-refractivity contribution >= 4 is 5.97 Å². The lowest BCUT2D eigenvalue weighted by atomic mass is 9.93. The zero-order chi connectivity index (χ0) is 12.4. The number of piperidine rings is 1. The van der Waals surface area contributed by atoms with E-state index >= 15 is 0 Å². The van der Waals surface area contributed by atoms with Gasteiger partial charge in [0.05, 0.1) is 13.0 Å². The van der Waals surface area contributed by atoms with Crippen molar-refractivity contribution in [2.75, 3.05) is 20.7 Å². The lowest BCUT2D eigenvalue weighted by Gasteiger charge is -2.33. The van der Waals surface area contributed by atoms with Gasteiger partial charge in [-0.1, -0.05) is 0 Å². The van der Waals surface area contributed by atoms with Crippen molar-refractivity contribution < 1.29 is 13.9 Å². The van der Waals surface area contributed by atoms with E-state index in [0.29, 0.717) is 11.8 Å². The molecule has 2 heterocycles. The molecule has 1 fully saturated rings. The average molecular weight is 239 g/mol. The summed E-state index contributed by atoms with van der Waals surface area (Å²) in [5.74, 6) is 1.28. The molecule has 0 aromatic carbocycles. The van der Waals surface area contributed by atoms with E-state index in [1.807, 2.05) is 11.9 Å². The van der Waals surface area contributed by atoms with Crippen LogP contribution in [0.3, 0.4) is 0 Å². The first-order chi connectivity index (χ1) is 8.11. The molecule has 94 valence electrons. The van der Waals surface area contributed by atoms with Gasteiger partial charge in [0, 0.05) is 13.5 Å². The largest absolute Gasteiger partial charge is 0.468 e. The van der Waals surface area contributed by atoms with Crippen LogP contribution in [0.1, 0.15) is 30.5 Å². The fourth-order valence-corrected chi connectivity index (χ4v) is 2.26. The van der Waals surface area contributed by atoms with Gasteiger partial charge in [-0.3, -0.25) is 9.69 Å². The standard InChI is InChI=1S/C11H17N3O3/c1-7-12-13-10(17-7)8-4-5-9(11(15)16-3)14(2)6-8/h8-9H,4-6H2,1-3H3/t8?,9-/m1/s1. The number of methoxy groups -OCH3 is 1. The topological polar surface area (TPSA) is 68.5 Å². The molecule has 1 unspecified atom stereocenters. The van der Waals surface area contributed by atoms with Crippen LogP contribution in [-0.2, 0) is 9.53 Å². The Morgan fingerprint density at radius 3 is 2.76 bits per heavy atom. The summed E-state index contributed by atoms with van der Waals surface area (Å²) in [6.07, 6.45) is 1.63. The summed E-state index contributed by atoms with van der Waals surface area (Å²) in [7, 11) is 3.33. The van der Waals surface area contributed by atoms with Crippen LogP contribution >= 0.6 is 0 Å². The first-order valence-corrected chi connectivity index (χ1v) is 5.70. The van der Waals surface area contributed by atoms with Gasteiger partial charge < -0.3 is 9.15 Å². The number of aromatic nitrogens is 2. The number of likely N-dealkylation sites (tertiary alicyclic amines) is 1. The Balaban J connectivity index is 2.02. The Kier molecular flexibility index (Phi) is 3.42. The van der Waals surface area contributed by atoms with Crippen LogP contribution in [0.4, 0.5) is 0 Å². The first-order valence-electron chi connectivity index (χ1n) is 5.70. The molecule has 0 radical (unpaired) electrons. The van der Waals surface area contributed by atoms with Crippen molar-refractivity contribution in [3.63, 3.8) is 0 Å². The van der Waals surface area contributed by atoms with Gasteiger partial charge >= 0.3 is 5.97 Å². The molecular formula is C11H17N3O3. The Hall–Kier alpha value is -1.43. The summed E-state index contributed by atoms with van der Waals surface area (Å²) >= 11 is 0. The van der Waals surface area contributed by atoms with Crippen molar-refractivity contribution in [3.8, 4) is 0 Å². The molecule has 1 aliphatic rings. The number of carbonyl (C=O) groups excluding carboxylic acids is 1. The molecule has 1 aromatic heterocycles. The highest BCUT2D eigenvalue weighted by atomic mass is 16.5. The maximum Gasteiger partial charge on any atom is 0.323 e. The smallest absolute Gasteiger partial charge is 0.323 e. The summed E-state index contributed by atoms with van der Waals surface area (Å²) in [4.78, 5) is 13.5. The number of hydrogen-bond donors (Lipinski definition) is 0. The van der Waals surface area contributed by atoms with Gasteiger partial charge in [0.1, 0.15) is 6.04 Å². The minimum atomic E-state index is -0.173.